The fraction of sp³-hybridized carbons (Fsp3) is 0.235. The first-order chi connectivity index (χ1) is 11.6. The van der Waals surface area contributed by atoms with Gasteiger partial charge >= 0.3 is 5.97 Å². The SMILES string of the molecule is COC(=O)c1cccc(NC(=O)CCCNC(=O)c2cccs2)c1. The van der Waals surface area contributed by atoms with Crippen molar-refractivity contribution in [3.63, 3.8) is 0 Å². The zero-order chi connectivity index (χ0) is 17.4. The lowest BCUT2D eigenvalue weighted by molar-refractivity contribution is -0.116. The molecule has 2 N–H and O–H groups in total. The van der Waals surface area contributed by atoms with Crippen LogP contribution in [-0.2, 0) is 9.53 Å². The fourth-order valence-electron chi connectivity index (χ4n) is 2.01. The molecule has 0 aliphatic rings. The maximum atomic E-state index is 11.9. The average molecular weight is 346 g/mol. The lowest BCUT2D eigenvalue weighted by atomic mass is 10.2. The minimum Gasteiger partial charge on any atom is -0.465 e. The van der Waals surface area contributed by atoms with Crippen molar-refractivity contribution in [3.05, 3.63) is 52.2 Å². The molecule has 1 aromatic carbocycles. The predicted octanol–water partition coefficient (Wildman–Crippen LogP) is 2.68. The number of benzene rings is 1. The van der Waals surface area contributed by atoms with E-state index in [0.29, 0.717) is 29.1 Å². The van der Waals surface area contributed by atoms with Crippen molar-refractivity contribution < 1.29 is 19.1 Å². The zero-order valence-corrected chi connectivity index (χ0v) is 14.0. The van der Waals surface area contributed by atoms with E-state index < -0.39 is 5.97 Å². The number of methoxy groups -OCH3 is 1. The quantitative estimate of drug-likeness (QED) is 0.596. The highest BCUT2D eigenvalue weighted by atomic mass is 32.1. The van der Waals surface area contributed by atoms with Gasteiger partial charge in [0.1, 0.15) is 0 Å². The van der Waals surface area contributed by atoms with Crippen molar-refractivity contribution in [1.82, 2.24) is 5.32 Å². The van der Waals surface area contributed by atoms with Crippen molar-refractivity contribution in [3.8, 4) is 0 Å². The number of ether oxygens (including phenoxy) is 1. The van der Waals surface area contributed by atoms with Crippen molar-refractivity contribution in [1.29, 1.82) is 0 Å². The average Bonchev–Trinajstić information content (AvgIpc) is 3.12. The van der Waals surface area contributed by atoms with Crippen molar-refractivity contribution in [2.75, 3.05) is 19.0 Å². The molecule has 0 saturated heterocycles. The van der Waals surface area contributed by atoms with Gasteiger partial charge in [0, 0.05) is 18.7 Å². The Hall–Kier alpha value is -2.67. The third-order valence-corrected chi connectivity index (χ3v) is 4.05. The number of carbonyl (C=O) groups is 3. The molecule has 0 fully saturated rings. The first-order valence-electron chi connectivity index (χ1n) is 7.40. The summed E-state index contributed by atoms with van der Waals surface area (Å²) >= 11 is 1.37. The molecule has 126 valence electrons. The molecule has 2 aromatic rings. The minimum absolute atomic E-state index is 0.129. The van der Waals surface area contributed by atoms with Crippen LogP contribution in [0.1, 0.15) is 32.9 Å². The summed E-state index contributed by atoms with van der Waals surface area (Å²) in [6, 6.07) is 10.1. The van der Waals surface area contributed by atoms with Gasteiger partial charge in [0.2, 0.25) is 5.91 Å². The molecule has 0 atom stereocenters. The van der Waals surface area contributed by atoms with Crippen LogP contribution in [0.2, 0.25) is 0 Å². The number of anilines is 1. The Balaban J connectivity index is 1.73. The Kier molecular flexibility index (Phi) is 6.51. The Bertz CT molecular complexity index is 713. The van der Waals surface area contributed by atoms with Crippen molar-refractivity contribution in [2.24, 2.45) is 0 Å². The predicted molar refractivity (Wildman–Crippen MR) is 92.3 cm³/mol. The van der Waals surface area contributed by atoms with Gasteiger partial charge in [-0.3, -0.25) is 9.59 Å². The lowest BCUT2D eigenvalue weighted by Gasteiger charge is -2.07. The normalized spacial score (nSPS) is 10.0. The second-order valence-corrected chi connectivity index (χ2v) is 5.91. The summed E-state index contributed by atoms with van der Waals surface area (Å²) in [5.41, 5.74) is 0.907. The maximum Gasteiger partial charge on any atom is 0.337 e. The van der Waals surface area contributed by atoms with Crippen LogP contribution in [0.15, 0.2) is 41.8 Å². The molecule has 0 radical (unpaired) electrons. The lowest BCUT2D eigenvalue weighted by Crippen LogP contribution is -2.24. The van der Waals surface area contributed by atoms with E-state index >= 15 is 0 Å². The van der Waals surface area contributed by atoms with Gasteiger partial charge in [0.15, 0.2) is 0 Å². The van der Waals surface area contributed by atoms with Crippen molar-refractivity contribution in [2.45, 2.75) is 12.8 Å². The summed E-state index contributed by atoms with van der Waals surface area (Å²) in [5.74, 6) is -0.763. The molecule has 6 nitrogen and oxygen atoms in total. The van der Waals surface area contributed by atoms with E-state index in [9.17, 15) is 14.4 Å². The largest absolute Gasteiger partial charge is 0.465 e. The van der Waals surface area contributed by atoms with Crippen LogP contribution in [0.25, 0.3) is 0 Å². The second-order valence-electron chi connectivity index (χ2n) is 4.96. The molecule has 0 unspecified atom stereocenters. The third-order valence-electron chi connectivity index (χ3n) is 3.18. The van der Waals surface area contributed by atoms with Crippen LogP contribution in [-0.4, -0.2) is 31.4 Å². The number of hydrogen-bond acceptors (Lipinski definition) is 5. The molecule has 24 heavy (non-hydrogen) atoms. The fourth-order valence-corrected chi connectivity index (χ4v) is 2.65. The van der Waals surface area contributed by atoms with Gasteiger partial charge in [-0.2, -0.15) is 0 Å². The van der Waals surface area contributed by atoms with Crippen LogP contribution in [0.4, 0.5) is 5.69 Å². The molecule has 0 aliphatic heterocycles. The van der Waals surface area contributed by atoms with Gasteiger partial charge in [0.25, 0.3) is 5.91 Å². The van der Waals surface area contributed by atoms with E-state index in [1.54, 1.807) is 30.3 Å². The summed E-state index contributed by atoms with van der Waals surface area (Å²) in [6.07, 6.45) is 0.798. The van der Waals surface area contributed by atoms with E-state index in [4.69, 9.17) is 0 Å². The van der Waals surface area contributed by atoms with Gasteiger partial charge < -0.3 is 15.4 Å². The summed E-state index contributed by atoms with van der Waals surface area (Å²) in [6.45, 7) is 0.423. The number of esters is 1. The van der Waals surface area contributed by atoms with Crippen LogP contribution < -0.4 is 10.6 Å². The zero-order valence-electron chi connectivity index (χ0n) is 13.2. The van der Waals surface area contributed by atoms with Crippen molar-refractivity contribution >= 4 is 34.8 Å². The first-order valence-corrected chi connectivity index (χ1v) is 8.28. The van der Waals surface area contributed by atoms with Gasteiger partial charge in [-0.05, 0) is 36.1 Å². The molecule has 0 bridgehead atoms. The van der Waals surface area contributed by atoms with Crippen LogP contribution >= 0.6 is 11.3 Å². The Labute approximate surface area is 143 Å². The highest BCUT2D eigenvalue weighted by Gasteiger charge is 2.09. The molecule has 0 saturated carbocycles. The molecule has 0 spiro atoms. The smallest absolute Gasteiger partial charge is 0.337 e. The molecular weight excluding hydrogens is 328 g/mol. The molecule has 7 heteroatoms. The number of rotatable bonds is 7. The monoisotopic (exact) mass is 346 g/mol. The van der Waals surface area contributed by atoms with E-state index in [1.165, 1.54) is 18.4 Å². The number of hydrogen-bond donors (Lipinski definition) is 2. The van der Waals surface area contributed by atoms with Crippen LogP contribution in [0.5, 0.6) is 0 Å². The van der Waals surface area contributed by atoms with Crippen LogP contribution in [0, 0.1) is 0 Å². The number of carbonyl (C=O) groups excluding carboxylic acids is 3. The highest BCUT2D eigenvalue weighted by molar-refractivity contribution is 7.12. The van der Waals surface area contributed by atoms with Gasteiger partial charge in [-0.25, -0.2) is 4.79 Å². The molecule has 1 heterocycles. The maximum absolute atomic E-state index is 11.9. The van der Waals surface area contributed by atoms with Gasteiger partial charge in [0.05, 0.1) is 17.6 Å². The van der Waals surface area contributed by atoms with E-state index in [-0.39, 0.29) is 18.2 Å². The summed E-state index contributed by atoms with van der Waals surface area (Å²) < 4.78 is 4.64. The Morgan fingerprint density at radius 2 is 2.00 bits per heavy atom. The summed E-state index contributed by atoms with van der Waals surface area (Å²) in [4.78, 5) is 35.7. The highest BCUT2D eigenvalue weighted by Crippen LogP contribution is 2.12. The van der Waals surface area contributed by atoms with Gasteiger partial charge in [-0.15, -0.1) is 11.3 Å². The summed E-state index contributed by atoms with van der Waals surface area (Å²) in [5, 5.41) is 7.32. The molecular formula is C17H18N2O4S. The van der Waals surface area contributed by atoms with Crippen LogP contribution in [0.3, 0.4) is 0 Å². The third kappa shape index (κ3) is 5.20. The molecule has 2 rings (SSSR count). The van der Waals surface area contributed by atoms with E-state index in [1.807, 2.05) is 11.4 Å². The number of thiophene rings is 1. The minimum atomic E-state index is -0.456. The standard InChI is InChI=1S/C17H18N2O4S/c1-23-17(22)12-5-2-6-13(11-12)19-15(20)8-3-9-18-16(21)14-7-4-10-24-14/h2,4-7,10-11H,3,8-9H2,1H3,(H,18,21)(H,19,20). The topological polar surface area (TPSA) is 84.5 Å². The second kappa shape index (κ2) is 8.83. The van der Waals surface area contributed by atoms with E-state index in [2.05, 4.69) is 15.4 Å². The number of amides is 2. The van der Waals surface area contributed by atoms with Gasteiger partial charge in [-0.1, -0.05) is 12.1 Å². The molecule has 1 aromatic heterocycles. The molecule has 2 amide bonds. The Morgan fingerprint density at radius 1 is 1.17 bits per heavy atom. The number of nitrogens with one attached hydrogen (secondary N) is 2. The first kappa shape index (κ1) is 17.7. The summed E-state index contributed by atoms with van der Waals surface area (Å²) in [7, 11) is 1.30. The van der Waals surface area contributed by atoms with E-state index in [0.717, 1.165) is 0 Å². The molecule has 0 aliphatic carbocycles. The Morgan fingerprint density at radius 3 is 2.71 bits per heavy atom.